The number of tetrazole rings is 1. The first-order valence-corrected chi connectivity index (χ1v) is 13.6. The van der Waals surface area contributed by atoms with Gasteiger partial charge in [0.15, 0.2) is 5.82 Å². The van der Waals surface area contributed by atoms with E-state index in [1.54, 1.807) is 12.1 Å². The fraction of sp³-hybridized carbons (Fsp3) is 0.333. The van der Waals surface area contributed by atoms with Gasteiger partial charge in [0.2, 0.25) is 0 Å². The second-order valence-electron chi connectivity index (χ2n) is 10.4. The number of benzene rings is 3. The second-order valence-corrected chi connectivity index (χ2v) is 10.4. The molecule has 1 unspecified atom stereocenters. The summed E-state index contributed by atoms with van der Waals surface area (Å²) in [6.45, 7) is 4.47. The van der Waals surface area contributed by atoms with E-state index in [4.69, 9.17) is 0 Å². The third-order valence-electron chi connectivity index (χ3n) is 7.43. The van der Waals surface area contributed by atoms with Crippen molar-refractivity contribution in [2.75, 3.05) is 16.0 Å². The molecule has 1 saturated carbocycles. The van der Waals surface area contributed by atoms with Crippen LogP contribution in [0.15, 0.2) is 66.7 Å². The molecule has 0 radical (unpaired) electrons. The predicted octanol–water partition coefficient (Wildman–Crippen LogP) is 7.33. The maximum absolute atomic E-state index is 14.2. The van der Waals surface area contributed by atoms with Gasteiger partial charge in [-0.15, -0.1) is 5.10 Å². The van der Waals surface area contributed by atoms with E-state index in [2.05, 4.69) is 50.4 Å². The molecule has 5 rings (SSSR count). The molecule has 0 spiro atoms. The second kappa shape index (κ2) is 12.1. The molecule has 2 amide bonds. The average molecular weight is 528 g/mol. The molecule has 0 bridgehead atoms. The summed E-state index contributed by atoms with van der Waals surface area (Å²) in [5, 5.41) is 23.7. The van der Waals surface area contributed by atoms with Crippen molar-refractivity contribution < 1.29 is 9.18 Å². The quantitative estimate of drug-likeness (QED) is 0.192. The van der Waals surface area contributed by atoms with Crippen LogP contribution in [0.1, 0.15) is 46.0 Å². The van der Waals surface area contributed by atoms with Gasteiger partial charge in [0.05, 0.1) is 17.1 Å². The fourth-order valence-electron chi connectivity index (χ4n) is 5.50. The molecule has 0 aliphatic heterocycles. The molecule has 9 heteroatoms. The number of H-pyrrole nitrogens is 1. The summed E-state index contributed by atoms with van der Waals surface area (Å²) < 4.78 is 14.2. The smallest absolute Gasteiger partial charge is 0.323 e. The van der Waals surface area contributed by atoms with Crippen molar-refractivity contribution in [2.24, 2.45) is 11.8 Å². The Bertz CT molecular complexity index is 1400. The molecule has 8 nitrogen and oxygen atoms in total. The molecule has 4 aromatic rings. The number of nitrogens with one attached hydrogen (secondary N) is 4. The number of hydrogen-bond donors (Lipinski definition) is 4. The van der Waals surface area contributed by atoms with Gasteiger partial charge in [-0.25, -0.2) is 14.3 Å². The van der Waals surface area contributed by atoms with E-state index < -0.39 is 11.8 Å². The van der Waals surface area contributed by atoms with Crippen LogP contribution in [0, 0.1) is 17.7 Å². The summed E-state index contributed by atoms with van der Waals surface area (Å²) in [7, 11) is 0. The van der Waals surface area contributed by atoms with E-state index >= 15 is 0 Å². The van der Waals surface area contributed by atoms with Crippen molar-refractivity contribution in [1.29, 1.82) is 0 Å². The van der Waals surface area contributed by atoms with Crippen LogP contribution in [0.25, 0.3) is 22.5 Å². The zero-order valence-electron chi connectivity index (χ0n) is 22.2. The summed E-state index contributed by atoms with van der Waals surface area (Å²) in [5.74, 6) is 1.04. The van der Waals surface area contributed by atoms with Gasteiger partial charge in [0.1, 0.15) is 5.82 Å². The van der Waals surface area contributed by atoms with Crippen molar-refractivity contribution in [2.45, 2.75) is 52.0 Å². The maximum atomic E-state index is 14.2. The molecule has 1 fully saturated rings. The zero-order valence-corrected chi connectivity index (χ0v) is 22.2. The van der Waals surface area contributed by atoms with E-state index in [1.807, 2.05) is 42.5 Å². The Labute approximate surface area is 227 Å². The lowest BCUT2D eigenvalue weighted by Gasteiger charge is -2.35. The van der Waals surface area contributed by atoms with Crippen LogP contribution < -0.4 is 16.0 Å². The Morgan fingerprint density at radius 3 is 2.33 bits per heavy atom. The molecule has 1 aromatic heterocycles. The maximum Gasteiger partial charge on any atom is 0.323 e. The van der Waals surface area contributed by atoms with Crippen LogP contribution in [-0.2, 0) is 0 Å². The molecular weight excluding hydrogens is 493 g/mol. The highest BCUT2D eigenvalue weighted by molar-refractivity contribution is 6.02. The number of anilines is 3. The fourth-order valence-corrected chi connectivity index (χ4v) is 5.50. The van der Waals surface area contributed by atoms with E-state index in [-0.39, 0.29) is 11.7 Å². The van der Waals surface area contributed by atoms with E-state index in [0.717, 1.165) is 22.4 Å². The van der Waals surface area contributed by atoms with Crippen LogP contribution >= 0.6 is 0 Å². The Morgan fingerprint density at radius 1 is 0.897 bits per heavy atom. The molecule has 1 aliphatic rings. The normalized spacial score (nSPS) is 14.7. The van der Waals surface area contributed by atoms with Crippen LogP contribution in [0.3, 0.4) is 0 Å². The lowest BCUT2D eigenvalue weighted by Crippen LogP contribution is -2.35. The minimum atomic E-state index is -0.521. The summed E-state index contributed by atoms with van der Waals surface area (Å²) in [4.78, 5) is 13.1. The number of hydrogen-bond acceptors (Lipinski definition) is 5. The number of urea groups is 1. The van der Waals surface area contributed by atoms with Crippen molar-refractivity contribution in [3.05, 3.63) is 72.5 Å². The van der Waals surface area contributed by atoms with Crippen LogP contribution in [-0.4, -0.2) is 32.7 Å². The van der Waals surface area contributed by atoms with Crippen molar-refractivity contribution in [3.8, 4) is 22.5 Å². The molecule has 1 aliphatic carbocycles. The highest BCUT2D eigenvalue weighted by Gasteiger charge is 2.27. The van der Waals surface area contributed by atoms with E-state index in [1.165, 1.54) is 44.2 Å². The largest absolute Gasteiger partial charge is 0.380 e. The number of nitrogens with zero attached hydrogens (tertiary/aromatic N) is 3. The molecule has 1 atom stereocenters. The molecule has 0 saturated heterocycles. The summed E-state index contributed by atoms with van der Waals surface area (Å²) >= 11 is 0. The Morgan fingerprint density at radius 2 is 1.62 bits per heavy atom. The van der Waals surface area contributed by atoms with Crippen molar-refractivity contribution >= 4 is 23.1 Å². The molecule has 1 heterocycles. The minimum Gasteiger partial charge on any atom is -0.380 e. The van der Waals surface area contributed by atoms with Gasteiger partial charge >= 0.3 is 6.03 Å². The lowest BCUT2D eigenvalue weighted by molar-refractivity contribution is 0.262. The van der Waals surface area contributed by atoms with Crippen molar-refractivity contribution in [3.63, 3.8) is 0 Å². The van der Waals surface area contributed by atoms with Gasteiger partial charge in [-0.3, -0.25) is 0 Å². The molecule has 202 valence electrons. The van der Waals surface area contributed by atoms with Crippen LogP contribution in [0.2, 0.25) is 0 Å². The number of amides is 2. The SMILES string of the molecule is CC(C)C(Nc1ccc(-c2ccccc2-c2nnn[nH]2)cc1NC(=O)Nc1ccccc1F)C1CCCCC1. The summed E-state index contributed by atoms with van der Waals surface area (Å²) in [6.07, 6.45) is 6.18. The topological polar surface area (TPSA) is 108 Å². The Hall–Kier alpha value is -4.27. The van der Waals surface area contributed by atoms with Crippen LogP contribution in [0.4, 0.5) is 26.2 Å². The molecular formula is C30H34FN7O. The highest BCUT2D eigenvalue weighted by Crippen LogP contribution is 2.37. The number of rotatable bonds is 8. The number of halogens is 1. The van der Waals surface area contributed by atoms with Gasteiger partial charge in [-0.2, -0.15) is 0 Å². The van der Waals surface area contributed by atoms with Gasteiger partial charge in [-0.05, 0) is 70.5 Å². The Balaban J connectivity index is 1.50. The van der Waals surface area contributed by atoms with Gasteiger partial charge < -0.3 is 16.0 Å². The Kier molecular flexibility index (Phi) is 8.15. The highest BCUT2D eigenvalue weighted by atomic mass is 19.1. The predicted molar refractivity (Wildman–Crippen MR) is 153 cm³/mol. The number of carbonyl (C=O) groups is 1. The first-order chi connectivity index (χ1) is 19.0. The molecule has 39 heavy (non-hydrogen) atoms. The van der Waals surface area contributed by atoms with Gasteiger partial charge in [0.25, 0.3) is 0 Å². The van der Waals surface area contributed by atoms with Crippen LogP contribution in [0.5, 0.6) is 0 Å². The van der Waals surface area contributed by atoms with E-state index in [0.29, 0.717) is 23.3 Å². The number of carbonyl (C=O) groups excluding carboxylic acids is 1. The number of aromatic nitrogens is 4. The molecule has 4 N–H and O–H groups in total. The minimum absolute atomic E-state index is 0.117. The summed E-state index contributed by atoms with van der Waals surface area (Å²) in [6, 6.07) is 19.6. The van der Waals surface area contributed by atoms with Gasteiger partial charge in [-0.1, -0.05) is 75.6 Å². The first kappa shape index (κ1) is 26.3. The van der Waals surface area contributed by atoms with Gasteiger partial charge in [0, 0.05) is 11.6 Å². The number of aromatic amines is 1. The lowest BCUT2D eigenvalue weighted by atomic mass is 9.79. The number of para-hydroxylation sites is 1. The standard InChI is InChI=1S/C30H34FN7O/c1-19(2)28(20-10-4-3-5-11-20)32-26-17-16-21(22-12-6-7-13-23(22)29-35-37-38-36-29)18-27(26)34-30(39)33-25-15-9-8-14-24(25)31/h6-9,12-20,28,32H,3-5,10-11H2,1-2H3,(H2,33,34,39)(H,35,36,37,38). The monoisotopic (exact) mass is 527 g/mol. The summed E-state index contributed by atoms with van der Waals surface area (Å²) in [5.41, 5.74) is 4.18. The third-order valence-corrected chi connectivity index (χ3v) is 7.43. The van der Waals surface area contributed by atoms with E-state index in [9.17, 15) is 9.18 Å². The van der Waals surface area contributed by atoms with Crippen molar-refractivity contribution in [1.82, 2.24) is 20.6 Å². The zero-order chi connectivity index (χ0) is 27.2. The molecule has 3 aromatic carbocycles. The third kappa shape index (κ3) is 6.25. The average Bonchev–Trinajstić information content (AvgIpc) is 3.49. The first-order valence-electron chi connectivity index (χ1n) is 13.6.